The van der Waals surface area contributed by atoms with Crippen LogP contribution in [-0.4, -0.2) is 19.9 Å². The average molecular weight is 326 g/mol. The summed E-state index contributed by atoms with van der Waals surface area (Å²) in [6, 6.07) is 12.5. The van der Waals surface area contributed by atoms with E-state index in [0.717, 1.165) is 16.2 Å². The second kappa shape index (κ2) is 7.69. The summed E-state index contributed by atoms with van der Waals surface area (Å²) in [7, 11) is 3.50. The van der Waals surface area contributed by atoms with Crippen LogP contribution in [0.1, 0.15) is 11.6 Å². The van der Waals surface area contributed by atoms with Gasteiger partial charge in [-0.3, -0.25) is 0 Å². The molecule has 112 valence electrons. The van der Waals surface area contributed by atoms with Gasteiger partial charge in [-0.05, 0) is 42.9 Å². The Hall–Kier alpha value is -1.23. The van der Waals surface area contributed by atoms with E-state index in [1.165, 1.54) is 6.07 Å². The maximum absolute atomic E-state index is 13.2. The first-order chi connectivity index (χ1) is 10.1. The van der Waals surface area contributed by atoms with E-state index in [2.05, 4.69) is 5.32 Å². The fourth-order valence-electron chi connectivity index (χ4n) is 1.98. The lowest BCUT2D eigenvalue weighted by atomic mass is 10.1. The van der Waals surface area contributed by atoms with Crippen LogP contribution in [-0.2, 0) is 0 Å². The normalized spacial score (nSPS) is 12.2. The highest BCUT2D eigenvalue weighted by atomic mass is 35.5. The highest BCUT2D eigenvalue weighted by Gasteiger charge is 2.12. The van der Waals surface area contributed by atoms with Crippen LogP contribution in [0, 0.1) is 5.82 Å². The van der Waals surface area contributed by atoms with Crippen molar-refractivity contribution in [2.45, 2.75) is 10.9 Å². The largest absolute Gasteiger partial charge is 0.495 e. The van der Waals surface area contributed by atoms with E-state index in [0.29, 0.717) is 10.8 Å². The number of methoxy groups -OCH3 is 1. The van der Waals surface area contributed by atoms with Gasteiger partial charge in [0.2, 0.25) is 0 Å². The third-order valence-electron chi connectivity index (χ3n) is 3.14. The molecule has 0 amide bonds. The van der Waals surface area contributed by atoms with Crippen LogP contribution in [0.3, 0.4) is 0 Å². The minimum atomic E-state index is -0.214. The molecule has 2 nitrogen and oxygen atoms in total. The van der Waals surface area contributed by atoms with Crippen LogP contribution >= 0.6 is 23.4 Å². The minimum absolute atomic E-state index is 0.129. The fraction of sp³-hybridized carbons (Fsp3) is 0.250. The summed E-state index contributed by atoms with van der Waals surface area (Å²) in [4.78, 5) is 0.913. The molecular formula is C16H17ClFNOS. The van der Waals surface area contributed by atoms with E-state index in [4.69, 9.17) is 16.3 Å². The molecule has 1 unspecified atom stereocenters. The zero-order valence-electron chi connectivity index (χ0n) is 11.9. The van der Waals surface area contributed by atoms with Gasteiger partial charge < -0.3 is 10.1 Å². The Bertz CT molecular complexity index is 609. The molecule has 0 heterocycles. The first-order valence-corrected chi connectivity index (χ1v) is 7.89. The van der Waals surface area contributed by atoms with Crippen molar-refractivity contribution in [3.8, 4) is 5.75 Å². The molecule has 0 saturated carbocycles. The molecule has 1 atom stereocenters. The van der Waals surface area contributed by atoms with E-state index in [1.807, 2.05) is 31.3 Å². The van der Waals surface area contributed by atoms with E-state index in [9.17, 15) is 4.39 Å². The molecule has 5 heteroatoms. The van der Waals surface area contributed by atoms with Crippen molar-refractivity contribution < 1.29 is 9.13 Å². The highest BCUT2D eigenvalue weighted by molar-refractivity contribution is 7.99. The first kappa shape index (κ1) is 16.1. The number of ether oxygens (including phenoxy) is 1. The topological polar surface area (TPSA) is 21.3 Å². The Balaban J connectivity index is 2.09. The molecular weight excluding hydrogens is 309 g/mol. The standard InChI is InChI=1S/C16H17ClFNOS/c1-19-15(10-21-13-5-3-4-12(18)9-13)11-6-7-14(17)16(8-11)20-2/h3-9,15,19H,10H2,1-2H3. The number of rotatable bonds is 6. The number of benzene rings is 2. The van der Waals surface area contributed by atoms with Gasteiger partial charge in [0.15, 0.2) is 0 Å². The Morgan fingerprint density at radius 1 is 1.29 bits per heavy atom. The molecule has 0 aliphatic carbocycles. The summed E-state index contributed by atoms with van der Waals surface area (Å²) in [6.07, 6.45) is 0. The van der Waals surface area contributed by atoms with Gasteiger partial charge in [0, 0.05) is 16.7 Å². The summed E-state index contributed by atoms with van der Waals surface area (Å²) in [5.41, 5.74) is 1.09. The molecule has 0 fully saturated rings. The van der Waals surface area contributed by atoms with Crippen molar-refractivity contribution >= 4 is 23.4 Å². The lowest BCUT2D eigenvalue weighted by molar-refractivity contribution is 0.414. The molecule has 0 radical (unpaired) electrons. The van der Waals surface area contributed by atoms with Crippen LogP contribution in [0.4, 0.5) is 4.39 Å². The Morgan fingerprint density at radius 2 is 2.10 bits per heavy atom. The average Bonchev–Trinajstić information content (AvgIpc) is 2.49. The quantitative estimate of drug-likeness (QED) is 0.788. The summed E-state index contributed by atoms with van der Waals surface area (Å²) in [6.45, 7) is 0. The SMILES string of the molecule is CNC(CSc1cccc(F)c1)c1ccc(Cl)c(OC)c1. The zero-order valence-corrected chi connectivity index (χ0v) is 13.5. The summed E-state index contributed by atoms with van der Waals surface area (Å²) in [5.74, 6) is 1.23. The summed E-state index contributed by atoms with van der Waals surface area (Å²) < 4.78 is 18.4. The zero-order chi connectivity index (χ0) is 15.2. The second-order valence-electron chi connectivity index (χ2n) is 4.50. The molecule has 21 heavy (non-hydrogen) atoms. The van der Waals surface area contributed by atoms with Gasteiger partial charge in [0.05, 0.1) is 12.1 Å². The number of thioether (sulfide) groups is 1. The molecule has 2 aromatic rings. The number of hydrogen-bond donors (Lipinski definition) is 1. The smallest absolute Gasteiger partial charge is 0.137 e. The van der Waals surface area contributed by atoms with Crippen molar-refractivity contribution in [1.82, 2.24) is 5.32 Å². The van der Waals surface area contributed by atoms with Gasteiger partial charge in [-0.1, -0.05) is 23.7 Å². The summed E-state index contributed by atoms with van der Waals surface area (Å²) in [5, 5.41) is 3.85. The minimum Gasteiger partial charge on any atom is -0.495 e. The Labute approximate surface area is 133 Å². The van der Waals surface area contributed by atoms with E-state index < -0.39 is 0 Å². The van der Waals surface area contributed by atoms with E-state index in [1.54, 1.807) is 31.0 Å². The van der Waals surface area contributed by atoms with Gasteiger partial charge in [0.25, 0.3) is 0 Å². The van der Waals surface area contributed by atoms with Crippen LogP contribution in [0.5, 0.6) is 5.75 Å². The van der Waals surface area contributed by atoms with Gasteiger partial charge in [-0.2, -0.15) is 0 Å². The van der Waals surface area contributed by atoms with Crippen molar-refractivity contribution in [1.29, 1.82) is 0 Å². The molecule has 0 aliphatic heterocycles. The Morgan fingerprint density at radius 3 is 2.76 bits per heavy atom. The molecule has 0 spiro atoms. The number of hydrogen-bond acceptors (Lipinski definition) is 3. The maximum atomic E-state index is 13.2. The predicted molar refractivity (Wildman–Crippen MR) is 86.9 cm³/mol. The van der Waals surface area contributed by atoms with Crippen LogP contribution in [0.15, 0.2) is 47.4 Å². The molecule has 0 aliphatic rings. The first-order valence-electron chi connectivity index (χ1n) is 6.53. The van der Waals surface area contributed by atoms with Gasteiger partial charge in [0.1, 0.15) is 11.6 Å². The predicted octanol–water partition coefficient (Wildman–Crippen LogP) is 4.54. The van der Waals surface area contributed by atoms with E-state index in [-0.39, 0.29) is 11.9 Å². The molecule has 1 N–H and O–H groups in total. The van der Waals surface area contributed by atoms with Crippen LogP contribution in [0.25, 0.3) is 0 Å². The van der Waals surface area contributed by atoms with Gasteiger partial charge in [-0.25, -0.2) is 4.39 Å². The van der Waals surface area contributed by atoms with Crippen molar-refractivity contribution in [2.75, 3.05) is 19.9 Å². The third-order valence-corrected chi connectivity index (χ3v) is 4.54. The van der Waals surface area contributed by atoms with Gasteiger partial charge >= 0.3 is 0 Å². The third kappa shape index (κ3) is 4.37. The van der Waals surface area contributed by atoms with Crippen molar-refractivity contribution in [2.24, 2.45) is 0 Å². The maximum Gasteiger partial charge on any atom is 0.137 e. The lowest BCUT2D eigenvalue weighted by Gasteiger charge is -2.17. The second-order valence-corrected chi connectivity index (χ2v) is 6.00. The number of nitrogens with one attached hydrogen (secondary N) is 1. The Kier molecular flexibility index (Phi) is 5.91. The van der Waals surface area contributed by atoms with Crippen LogP contribution < -0.4 is 10.1 Å². The van der Waals surface area contributed by atoms with Crippen molar-refractivity contribution in [3.05, 3.63) is 58.9 Å². The fourth-order valence-corrected chi connectivity index (χ4v) is 3.26. The summed E-state index contributed by atoms with van der Waals surface area (Å²) >= 11 is 7.65. The highest BCUT2D eigenvalue weighted by Crippen LogP contribution is 2.30. The molecule has 0 saturated heterocycles. The molecule has 0 aromatic heterocycles. The molecule has 2 rings (SSSR count). The van der Waals surface area contributed by atoms with E-state index >= 15 is 0 Å². The van der Waals surface area contributed by atoms with Crippen LogP contribution in [0.2, 0.25) is 5.02 Å². The number of halogens is 2. The lowest BCUT2D eigenvalue weighted by Crippen LogP contribution is -2.18. The van der Waals surface area contributed by atoms with Crippen molar-refractivity contribution in [3.63, 3.8) is 0 Å². The van der Waals surface area contributed by atoms with Gasteiger partial charge in [-0.15, -0.1) is 11.8 Å². The molecule has 0 bridgehead atoms. The molecule has 2 aromatic carbocycles. The monoisotopic (exact) mass is 325 g/mol.